The van der Waals surface area contributed by atoms with Crippen molar-refractivity contribution < 1.29 is 28.0 Å². The van der Waals surface area contributed by atoms with Crippen molar-refractivity contribution in [3.05, 3.63) is 71.6 Å². The summed E-state index contributed by atoms with van der Waals surface area (Å²) in [5.74, 6) is 0.0300. The summed E-state index contributed by atoms with van der Waals surface area (Å²) in [4.78, 5) is 28.5. The largest absolute Gasteiger partial charge is 0.485 e. The Balaban J connectivity index is 1.32. The highest BCUT2D eigenvalue weighted by Gasteiger charge is 2.17. The molecule has 0 fully saturated rings. The van der Waals surface area contributed by atoms with E-state index in [1.165, 1.54) is 12.1 Å². The topological polar surface area (TPSA) is 140 Å². The molecule has 0 saturated carbocycles. The molecule has 2 aromatic carbocycles. The van der Waals surface area contributed by atoms with Crippen molar-refractivity contribution in [3.63, 3.8) is 0 Å². The maximum absolute atomic E-state index is 12.3. The number of carbonyl (C=O) groups is 2. The average molecular weight is 432 g/mol. The van der Waals surface area contributed by atoms with Crippen LogP contribution in [0.1, 0.15) is 27.8 Å². The van der Waals surface area contributed by atoms with E-state index in [0.717, 1.165) is 0 Å². The smallest absolute Gasteiger partial charge is 0.338 e. The second-order valence-corrected chi connectivity index (χ2v) is 6.58. The summed E-state index contributed by atoms with van der Waals surface area (Å²) >= 11 is 0. The van der Waals surface area contributed by atoms with E-state index >= 15 is 0 Å². The van der Waals surface area contributed by atoms with E-state index in [1.807, 2.05) is 6.07 Å². The number of benzene rings is 2. The van der Waals surface area contributed by atoms with Gasteiger partial charge in [0.2, 0.25) is 17.5 Å². The van der Waals surface area contributed by atoms with Crippen LogP contribution in [0.4, 0.5) is 5.69 Å². The van der Waals surface area contributed by atoms with Crippen molar-refractivity contribution in [3.8, 4) is 11.8 Å². The molecule has 0 spiro atoms. The number of carbonyl (C=O) groups excluding carboxylic acids is 2. The van der Waals surface area contributed by atoms with Crippen molar-refractivity contribution in [1.29, 1.82) is 5.26 Å². The van der Waals surface area contributed by atoms with Gasteiger partial charge in [0.15, 0.2) is 13.2 Å². The Bertz CT molecular complexity index is 1320. The number of esters is 1. The quantitative estimate of drug-likeness (QED) is 0.435. The standard InChI is InChI=1S/C22H16N4O6/c1-13-24-19(26-32-13)11-29-15-8-6-14(7-9-15)22(28)30-12-20(27)25-21-16-4-2-3-5-17(16)31-18(21)10-23/h2-9H,11-12H2,1H3,(H,25,27). The summed E-state index contributed by atoms with van der Waals surface area (Å²) in [6.07, 6.45) is 0. The number of nitrogens with zero attached hydrogens (tertiary/aromatic N) is 3. The molecule has 1 amide bonds. The monoisotopic (exact) mass is 432 g/mol. The van der Waals surface area contributed by atoms with Crippen LogP contribution in [0.5, 0.6) is 5.75 Å². The second-order valence-electron chi connectivity index (χ2n) is 6.58. The lowest BCUT2D eigenvalue weighted by Crippen LogP contribution is -2.21. The van der Waals surface area contributed by atoms with Crippen LogP contribution in [0.25, 0.3) is 11.0 Å². The molecule has 1 N–H and O–H groups in total. The van der Waals surface area contributed by atoms with Crippen LogP contribution < -0.4 is 10.1 Å². The van der Waals surface area contributed by atoms with Gasteiger partial charge in [-0.1, -0.05) is 17.3 Å². The van der Waals surface area contributed by atoms with Gasteiger partial charge in [-0.15, -0.1) is 0 Å². The summed E-state index contributed by atoms with van der Waals surface area (Å²) in [5.41, 5.74) is 0.947. The zero-order valence-electron chi connectivity index (χ0n) is 16.8. The number of rotatable bonds is 7. The van der Waals surface area contributed by atoms with Gasteiger partial charge in [0.25, 0.3) is 5.91 Å². The number of aryl methyl sites for hydroxylation is 1. The summed E-state index contributed by atoms with van der Waals surface area (Å²) in [7, 11) is 0. The molecule has 0 aliphatic heterocycles. The molecule has 4 rings (SSSR count). The van der Waals surface area contributed by atoms with Crippen molar-refractivity contribution in [2.24, 2.45) is 0 Å². The number of amides is 1. The molecule has 0 atom stereocenters. The minimum atomic E-state index is -0.682. The molecular formula is C22H16N4O6. The van der Waals surface area contributed by atoms with Gasteiger partial charge < -0.3 is 23.7 Å². The molecule has 0 saturated heterocycles. The molecule has 0 radical (unpaired) electrons. The minimum absolute atomic E-state index is 0.0301. The Hall–Kier alpha value is -4.65. The third kappa shape index (κ3) is 4.57. The van der Waals surface area contributed by atoms with Crippen LogP contribution in [0.15, 0.2) is 57.5 Å². The summed E-state index contributed by atoms with van der Waals surface area (Å²) < 4.78 is 20.8. The van der Waals surface area contributed by atoms with Crippen molar-refractivity contribution in [1.82, 2.24) is 10.1 Å². The molecule has 2 heterocycles. The van der Waals surface area contributed by atoms with Gasteiger partial charge >= 0.3 is 5.97 Å². The fourth-order valence-corrected chi connectivity index (χ4v) is 2.87. The van der Waals surface area contributed by atoms with Crippen molar-refractivity contribution in [2.45, 2.75) is 13.5 Å². The number of furan rings is 1. The average Bonchev–Trinajstić information content (AvgIpc) is 3.39. The van der Waals surface area contributed by atoms with E-state index in [9.17, 15) is 14.9 Å². The molecule has 160 valence electrons. The number of anilines is 1. The number of hydrogen-bond acceptors (Lipinski definition) is 9. The number of hydrogen-bond donors (Lipinski definition) is 1. The van der Waals surface area contributed by atoms with Gasteiger partial charge in [0.1, 0.15) is 23.1 Å². The molecule has 0 aliphatic rings. The van der Waals surface area contributed by atoms with Gasteiger partial charge in [0.05, 0.1) is 5.56 Å². The van der Waals surface area contributed by atoms with Gasteiger partial charge in [-0.25, -0.2) is 4.79 Å². The first-order valence-corrected chi connectivity index (χ1v) is 9.44. The number of ether oxygens (including phenoxy) is 2. The second kappa shape index (κ2) is 9.01. The highest BCUT2D eigenvalue weighted by Crippen LogP contribution is 2.30. The highest BCUT2D eigenvalue weighted by molar-refractivity contribution is 6.03. The molecule has 2 aromatic heterocycles. The zero-order valence-corrected chi connectivity index (χ0v) is 16.8. The van der Waals surface area contributed by atoms with Crippen LogP contribution in [-0.2, 0) is 16.1 Å². The van der Waals surface area contributed by atoms with E-state index in [1.54, 1.807) is 43.3 Å². The molecule has 10 nitrogen and oxygen atoms in total. The Kier molecular flexibility index (Phi) is 5.81. The predicted molar refractivity (Wildman–Crippen MR) is 110 cm³/mol. The first kappa shape index (κ1) is 20.6. The predicted octanol–water partition coefficient (Wildman–Crippen LogP) is 3.37. The first-order valence-electron chi connectivity index (χ1n) is 9.44. The van der Waals surface area contributed by atoms with Gasteiger partial charge in [0, 0.05) is 12.3 Å². The van der Waals surface area contributed by atoms with E-state index < -0.39 is 18.5 Å². The number of nitriles is 1. The lowest BCUT2D eigenvalue weighted by Gasteiger charge is -2.07. The van der Waals surface area contributed by atoms with Crippen LogP contribution in [-0.4, -0.2) is 28.6 Å². The molecule has 0 bridgehead atoms. The Morgan fingerprint density at radius 2 is 1.94 bits per heavy atom. The third-order valence-electron chi connectivity index (χ3n) is 4.32. The van der Waals surface area contributed by atoms with E-state index in [2.05, 4.69) is 15.5 Å². The molecular weight excluding hydrogens is 416 g/mol. The van der Waals surface area contributed by atoms with E-state index in [0.29, 0.717) is 28.4 Å². The summed E-state index contributed by atoms with van der Waals surface area (Å²) in [5, 5.41) is 16.1. The number of para-hydroxylation sites is 1. The highest BCUT2D eigenvalue weighted by atomic mass is 16.5. The molecule has 32 heavy (non-hydrogen) atoms. The maximum atomic E-state index is 12.3. The Morgan fingerprint density at radius 3 is 2.66 bits per heavy atom. The third-order valence-corrected chi connectivity index (χ3v) is 4.32. The maximum Gasteiger partial charge on any atom is 0.338 e. The lowest BCUT2D eigenvalue weighted by molar-refractivity contribution is -0.119. The molecule has 0 aliphatic carbocycles. The SMILES string of the molecule is Cc1nc(COc2ccc(C(=O)OCC(=O)Nc3c(C#N)oc4ccccc34)cc2)no1. The number of nitrogens with one attached hydrogen (secondary N) is 1. The lowest BCUT2D eigenvalue weighted by atomic mass is 10.2. The van der Waals surface area contributed by atoms with Crippen LogP contribution >= 0.6 is 0 Å². The van der Waals surface area contributed by atoms with E-state index in [-0.39, 0.29) is 23.6 Å². The van der Waals surface area contributed by atoms with Crippen LogP contribution in [0.3, 0.4) is 0 Å². The first-order chi connectivity index (χ1) is 15.5. The van der Waals surface area contributed by atoms with Crippen LogP contribution in [0.2, 0.25) is 0 Å². The van der Waals surface area contributed by atoms with E-state index in [4.69, 9.17) is 18.4 Å². The molecule has 4 aromatic rings. The fraction of sp³-hybridized carbons (Fsp3) is 0.136. The Morgan fingerprint density at radius 1 is 1.16 bits per heavy atom. The minimum Gasteiger partial charge on any atom is -0.485 e. The molecule has 0 unspecified atom stereocenters. The van der Waals surface area contributed by atoms with Gasteiger partial charge in [-0.05, 0) is 36.4 Å². The number of fused-ring (bicyclic) bond motifs is 1. The normalized spacial score (nSPS) is 10.5. The van der Waals surface area contributed by atoms with Crippen LogP contribution in [0, 0.1) is 18.3 Å². The summed E-state index contributed by atoms with van der Waals surface area (Å²) in [6.45, 7) is 1.27. The Labute approximate surface area is 181 Å². The zero-order chi connectivity index (χ0) is 22.5. The fourth-order valence-electron chi connectivity index (χ4n) is 2.87. The number of aromatic nitrogens is 2. The molecule has 10 heteroatoms. The van der Waals surface area contributed by atoms with Gasteiger partial charge in [-0.2, -0.15) is 10.2 Å². The van der Waals surface area contributed by atoms with Gasteiger partial charge in [-0.3, -0.25) is 4.79 Å². The van der Waals surface area contributed by atoms with Crippen molar-refractivity contribution >= 4 is 28.5 Å². The van der Waals surface area contributed by atoms with Crippen molar-refractivity contribution in [2.75, 3.05) is 11.9 Å². The summed E-state index contributed by atoms with van der Waals surface area (Å²) in [6, 6.07) is 15.0.